The van der Waals surface area contributed by atoms with Gasteiger partial charge in [0.2, 0.25) is 0 Å². The lowest BCUT2D eigenvalue weighted by Crippen LogP contribution is -2.58. The minimum atomic E-state index is -6.04. The van der Waals surface area contributed by atoms with Gasteiger partial charge < -0.3 is 4.74 Å². The summed E-state index contributed by atoms with van der Waals surface area (Å²) in [6.45, 7) is 0. The first kappa shape index (κ1) is 14.8. The smallest absolute Gasteiger partial charge is 0.329 e. The number of halogens is 6. The van der Waals surface area contributed by atoms with Crippen LogP contribution in [-0.2, 0) is 4.74 Å². The Morgan fingerprint density at radius 1 is 0.947 bits per heavy atom. The second-order valence-electron chi connectivity index (χ2n) is 3.32. The molecule has 1 atom stereocenters. The van der Waals surface area contributed by atoms with Crippen molar-refractivity contribution in [3.8, 4) is 18.2 Å². The molecule has 4 nitrogen and oxygen atoms in total. The number of ether oxygens (including phenoxy) is 1. The molecular formula is C9HF6N3O. The van der Waals surface area contributed by atoms with Gasteiger partial charge >= 0.3 is 12.4 Å². The second kappa shape index (κ2) is 4.15. The van der Waals surface area contributed by atoms with Gasteiger partial charge in [0.25, 0.3) is 5.60 Å². The van der Waals surface area contributed by atoms with Gasteiger partial charge in [-0.15, -0.1) is 0 Å². The van der Waals surface area contributed by atoms with E-state index in [1.165, 1.54) is 0 Å². The monoisotopic (exact) mass is 281 g/mol. The highest BCUT2D eigenvalue weighted by Crippen LogP contribution is 2.55. The molecule has 1 rings (SSSR count). The van der Waals surface area contributed by atoms with Crippen LogP contribution in [0.3, 0.4) is 0 Å². The van der Waals surface area contributed by atoms with Crippen LogP contribution in [0.5, 0.6) is 0 Å². The fraction of sp³-hybridized carbons (Fsp3) is 0.444. The van der Waals surface area contributed by atoms with E-state index in [2.05, 4.69) is 4.74 Å². The first-order valence-corrected chi connectivity index (χ1v) is 4.32. The van der Waals surface area contributed by atoms with Crippen molar-refractivity contribution in [1.82, 2.24) is 0 Å². The van der Waals surface area contributed by atoms with Crippen molar-refractivity contribution in [2.24, 2.45) is 0 Å². The molecule has 0 amide bonds. The zero-order valence-corrected chi connectivity index (χ0v) is 8.60. The van der Waals surface area contributed by atoms with Gasteiger partial charge in [0.1, 0.15) is 6.07 Å². The Labute approximate surface area is 101 Å². The summed E-state index contributed by atoms with van der Waals surface area (Å²) in [5, 5.41) is 25.4. The van der Waals surface area contributed by atoms with Crippen molar-refractivity contribution in [2.75, 3.05) is 0 Å². The van der Waals surface area contributed by atoms with E-state index in [0.717, 1.165) is 12.1 Å². The SMILES string of the molecule is N#CC1=C(C#N)C(C(F)(F)F)(C(F)(F)F)OC1C#N. The maximum atomic E-state index is 12.7. The molecule has 1 aliphatic heterocycles. The maximum Gasteiger partial charge on any atom is 0.431 e. The Hall–Kier alpha value is -2.25. The van der Waals surface area contributed by atoms with Gasteiger partial charge in [-0.1, -0.05) is 0 Å². The van der Waals surface area contributed by atoms with Gasteiger partial charge in [0.05, 0.1) is 23.3 Å². The molecule has 0 bridgehead atoms. The molecule has 0 radical (unpaired) electrons. The zero-order valence-electron chi connectivity index (χ0n) is 8.60. The van der Waals surface area contributed by atoms with Crippen LogP contribution in [0.2, 0.25) is 0 Å². The number of alkyl halides is 6. The Balaban J connectivity index is 3.74. The number of hydrogen-bond acceptors (Lipinski definition) is 4. The molecule has 1 aliphatic rings. The van der Waals surface area contributed by atoms with Crippen molar-refractivity contribution in [1.29, 1.82) is 15.8 Å². The van der Waals surface area contributed by atoms with Crippen LogP contribution in [0, 0.1) is 34.0 Å². The summed E-state index contributed by atoms with van der Waals surface area (Å²) in [4.78, 5) is 0. The summed E-state index contributed by atoms with van der Waals surface area (Å²) in [7, 11) is 0. The minimum Gasteiger partial charge on any atom is -0.329 e. The number of hydrogen-bond donors (Lipinski definition) is 0. The highest BCUT2D eigenvalue weighted by molar-refractivity contribution is 5.53. The van der Waals surface area contributed by atoms with Crippen molar-refractivity contribution < 1.29 is 31.1 Å². The molecule has 100 valence electrons. The van der Waals surface area contributed by atoms with Crippen LogP contribution in [0.1, 0.15) is 0 Å². The first-order chi connectivity index (χ1) is 8.56. The van der Waals surface area contributed by atoms with Crippen LogP contribution in [0.4, 0.5) is 26.3 Å². The van der Waals surface area contributed by atoms with Gasteiger partial charge in [0.15, 0.2) is 6.10 Å². The Kier molecular flexibility index (Phi) is 3.23. The predicted octanol–water partition coefficient (Wildman–Crippen LogP) is 2.12. The highest BCUT2D eigenvalue weighted by atomic mass is 19.4. The van der Waals surface area contributed by atoms with Crippen LogP contribution in [0.25, 0.3) is 0 Å². The van der Waals surface area contributed by atoms with E-state index < -0.39 is 35.2 Å². The molecule has 0 saturated heterocycles. The van der Waals surface area contributed by atoms with E-state index in [1.807, 2.05) is 0 Å². The van der Waals surface area contributed by atoms with Gasteiger partial charge in [0, 0.05) is 0 Å². The third-order valence-electron chi connectivity index (χ3n) is 2.33. The van der Waals surface area contributed by atoms with E-state index in [1.54, 1.807) is 0 Å². The highest BCUT2D eigenvalue weighted by Gasteiger charge is 2.78. The van der Waals surface area contributed by atoms with Crippen molar-refractivity contribution in [3.63, 3.8) is 0 Å². The standard InChI is InChI=1S/C9HF6N3O/c10-8(11,12)7(9(13,14)15)5(2-17)4(1-16)6(3-18)19-7/h6H. The molecule has 0 fully saturated rings. The Morgan fingerprint density at radius 2 is 1.42 bits per heavy atom. The third kappa shape index (κ3) is 1.79. The Morgan fingerprint density at radius 3 is 1.68 bits per heavy atom. The molecule has 19 heavy (non-hydrogen) atoms. The first-order valence-electron chi connectivity index (χ1n) is 4.32. The zero-order chi connectivity index (χ0) is 15.1. The van der Waals surface area contributed by atoms with Crippen LogP contribution in [-0.4, -0.2) is 24.1 Å². The summed E-state index contributed by atoms with van der Waals surface area (Å²) in [6, 6.07) is 2.62. The van der Waals surface area contributed by atoms with E-state index in [9.17, 15) is 26.3 Å². The summed E-state index contributed by atoms with van der Waals surface area (Å²) in [5.41, 5.74) is -8.19. The maximum absolute atomic E-state index is 12.7. The molecule has 1 unspecified atom stereocenters. The van der Waals surface area contributed by atoms with Crippen molar-refractivity contribution >= 4 is 0 Å². The fourth-order valence-electron chi connectivity index (χ4n) is 1.54. The second-order valence-corrected chi connectivity index (χ2v) is 3.32. The summed E-state index contributed by atoms with van der Waals surface area (Å²) in [6.07, 6.45) is -14.5. The topological polar surface area (TPSA) is 80.6 Å². The summed E-state index contributed by atoms with van der Waals surface area (Å²) in [5.74, 6) is 0. The van der Waals surface area contributed by atoms with Gasteiger partial charge in [-0.3, -0.25) is 0 Å². The van der Waals surface area contributed by atoms with E-state index in [4.69, 9.17) is 15.8 Å². The van der Waals surface area contributed by atoms with E-state index in [-0.39, 0.29) is 0 Å². The number of nitrogens with zero attached hydrogens (tertiary/aromatic N) is 3. The number of nitriles is 3. The molecule has 0 aromatic carbocycles. The lowest BCUT2D eigenvalue weighted by molar-refractivity contribution is -0.360. The molecule has 0 N–H and O–H groups in total. The molecule has 0 aromatic rings. The average Bonchev–Trinajstić information content (AvgIpc) is 2.61. The van der Waals surface area contributed by atoms with Crippen LogP contribution in [0.15, 0.2) is 11.1 Å². The number of rotatable bonds is 0. The minimum absolute atomic E-state index is 0.674. The largest absolute Gasteiger partial charge is 0.431 e. The van der Waals surface area contributed by atoms with Crippen LogP contribution >= 0.6 is 0 Å². The molecule has 0 saturated carbocycles. The van der Waals surface area contributed by atoms with Crippen molar-refractivity contribution in [3.05, 3.63) is 11.1 Å². The molecule has 1 heterocycles. The lowest BCUT2D eigenvalue weighted by atomic mass is 9.91. The fourth-order valence-corrected chi connectivity index (χ4v) is 1.54. The average molecular weight is 281 g/mol. The lowest BCUT2D eigenvalue weighted by Gasteiger charge is -2.33. The summed E-state index contributed by atoms with van der Waals surface area (Å²) < 4.78 is 80.0. The van der Waals surface area contributed by atoms with Crippen molar-refractivity contribution in [2.45, 2.75) is 24.1 Å². The normalized spacial score (nSPS) is 22.6. The Bertz CT molecular complexity index is 539. The van der Waals surface area contributed by atoms with Gasteiger partial charge in [-0.05, 0) is 0 Å². The van der Waals surface area contributed by atoms with Gasteiger partial charge in [-0.25, -0.2) is 0 Å². The van der Waals surface area contributed by atoms with Crippen LogP contribution < -0.4 is 0 Å². The molecule has 10 heteroatoms. The third-order valence-corrected chi connectivity index (χ3v) is 2.33. The molecular weight excluding hydrogens is 280 g/mol. The predicted molar refractivity (Wildman–Crippen MR) is 43.6 cm³/mol. The molecule has 0 spiro atoms. The van der Waals surface area contributed by atoms with E-state index in [0.29, 0.717) is 6.07 Å². The molecule has 0 aliphatic carbocycles. The summed E-state index contributed by atoms with van der Waals surface area (Å²) >= 11 is 0. The van der Waals surface area contributed by atoms with Gasteiger partial charge in [-0.2, -0.15) is 42.1 Å². The quantitative estimate of drug-likeness (QED) is 0.637. The molecule has 0 aromatic heterocycles. The van der Waals surface area contributed by atoms with E-state index >= 15 is 0 Å².